The van der Waals surface area contributed by atoms with Gasteiger partial charge < -0.3 is 16.0 Å². The number of amides is 1. The van der Waals surface area contributed by atoms with Crippen molar-refractivity contribution in [2.75, 3.05) is 26.2 Å². The van der Waals surface area contributed by atoms with Gasteiger partial charge in [-0.15, -0.1) is 0 Å². The van der Waals surface area contributed by atoms with Crippen LogP contribution < -0.4 is 11.1 Å². The molecule has 0 radical (unpaired) electrons. The second kappa shape index (κ2) is 8.68. The quantitative estimate of drug-likeness (QED) is 0.582. The minimum absolute atomic E-state index is 0.0305. The summed E-state index contributed by atoms with van der Waals surface area (Å²) in [7, 11) is 0. The minimum Gasteiger partial charge on any atom is -0.355 e. The zero-order chi connectivity index (χ0) is 11.7. The number of hydrogen-bond acceptors (Lipinski definition) is 3. The normalized spacial score (nSPS) is 12.9. The Bertz CT molecular complexity index is 169. The smallest absolute Gasteiger partial charge is 0.236 e. The van der Waals surface area contributed by atoms with Gasteiger partial charge in [-0.2, -0.15) is 0 Å². The van der Waals surface area contributed by atoms with Crippen molar-refractivity contribution in [2.24, 2.45) is 5.73 Å². The summed E-state index contributed by atoms with van der Waals surface area (Å²) in [6.45, 7) is 10.1. The summed E-state index contributed by atoms with van der Waals surface area (Å²) in [4.78, 5) is 13.6. The number of carbonyl (C=O) groups is 1. The van der Waals surface area contributed by atoms with E-state index in [0.717, 1.165) is 32.6 Å². The third kappa shape index (κ3) is 6.47. The molecule has 0 saturated carbocycles. The van der Waals surface area contributed by atoms with Crippen molar-refractivity contribution in [2.45, 2.75) is 39.7 Å². The topological polar surface area (TPSA) is 58.4 Å². The Morgan fingerprint density at radius 3 is 2.40 bits per heavy atom. The van der Waals surface area contributed by atoms with Crippen molar-refractivity contribution in [3.63, 3.8) is 0 Å². The molecule has 0 unspecified atom stereocenters. The van der Waals surface area contributed by atoms with Crippen molar-refractivity contribution < 1.29 is 4.79 Å². The fourth-order valence-electron chi connectivity index (χ4n) is 1.37. The van der Waals surface area contributed by atoms with E-state index in [0.29, 0.717) is 6.42 Å². The molecule has 0 aliphatic heterocycles. The summed E-state index contributed by atoms with van der Waals surface area (Å²) in [5, 5.41) is 2.85. The highest BCUT2D eigenvalue weighted by atomic mass is 16.2. The summed E-state index contributed by atoms with van der Waals surface area (Å²) < 4.78 is 0. The summed E-state index contributed by atoms with van der Waals surface area (Å²) in [6.07, 6.45) is 1.69. The molecule has 0 bridgehead atoms. The van der Waals surface area contributed by atoms with Gasteiger partial charge in [0.25, 0.3) is 0 Å². The summed E-state index contributed by atoms with van der Waals surface area (Å²) >= 11 is 0. The molecule has 1 amide bonds. The van der Waals surface area contributed by atoms with Gasteiger partial charge in [-0.05, 0) is 32.5 Å². The van der Waals surface area contributed by atoms with Crippen LogP contribution in [0.25, 0.3) is 0 Å². The molecule has 0 aromatic heterocycles. The maximum absolute atomic E-state index is 11.3. The summed E-state index contributed by atoms with van der Waals surface area (Å²) in [5.41, 5.74) is 5.59. The lowest BCUT2D eigenvalue weighted by atomic mass is 10.2. The maximum atomic E-state index is 11.3. The number of nitrogens with zero attached hydrogens (tertiary/aromatic N) is 1. The molecule has 1 atom stereocenters. The first kappa shape index (κ1) is 14.4. The Kier molecular flexibility index (Phi) is 8.33. The molecular formula is C11H25N3O. The SMILES string of the molecule is CC[C@H](N)C(=O)NCCCN(CC)CC. The van der Waals surface area contributed by atoms with Crippen LogP contribution in [0.5, 0.6) is 0 Å². The highest BCUT2D eigenvalue weighted by Gasteiger charge is 2.09. The highest BCUT2D eigenvalue weighted by molar-refractivity contribution is 5.81. The van der Waals surface area contributed by atoms with Gasteiger partial charge in [-0.25, -0.2) is 0 Å². The fraction of sp³-hybridized carbons (Fsp3) is 0.909. The second-order valence-corrected chi connectivity index (χ2v) is 3.69. The zero-order valence-electron chi connectivity index (χ0n) is 10.3. The van der Waals surface area contributed by atoms with E-state index in [1.807, 2.05) is 6.92 Å². The van der Waals surface area contributed by atoms with Crippen LogP contribution in [0.2, 0.25) is 0 Å². The van der Waals surface area contributed by atoms with E-state index in [-0.39, 0.29) is 11.9 Å². The van der Waals surface area contributed by atoms with E-state index >= 15 is 0 Å². The van der Waals surface area contributed by atoms with Gasteiger partial charge in [0, 0.05) is 6.54 Å². The predicted molar refractivity (Wildman–Crippen MR) is 63.7 cm³/mol. The Hall–Kier alpha value is -0.610. The largest absolute Gasteiger partial charge is 0.355 e. The van der Waals surface area contributed by atoms with Gasteiger partial charge in [-0.3, -0.25) is 4.79 Å². The number of hydrogen-bond donors (Lipinski definition) is 2. The second-order valence-electron chi connectivity index (χ2n) is 3.69. The van der Waals surface area contributed by atoms with Crippen molar-refractivity contribution >= 4 is 5.91 Å². The molecule has 0 aromatic rings. The molecule has 0 aliphatic rings. The number of nitrogens with two attached hydrogens (primary N) is 1. The third-order valence-electron chi connectivity index (χ3n) is 2.62. The highest BCUT2D eigenvalue weighted by Crippen LogP contribution is 1.90. The first-order valence-electron chi connectivity index (χ1n) is 5.91. The van der Waals surface area contributed by atoms with Crippen molar-refractivity contribution in [1.82, 2.24) is 10.2 Å². The zero-order valence-corrected chi connectivity index (χ0v) is 10.3. The molecule has 0 spiro atoms. The number of carbonyl (C=O) groups excluding carboxylic acids is 1. The van der Waals surface area contributed by atoms with Crippen LogP contribution in [0.4, 0.5) is 0 Å². The molecule has 4 nitrogen and oxygen atoms in total. The Morgan fingerprint density at radius 1 is 1.33 bits per heavy atom. The van der Waals surface area contributed by atoms with E-state index in [9.17, 15) is 4.79 Å². The van der Waals surface area contributed by atoms with Crippen molar-refractivity contribution in [1.29, 1.82) is 0 Å². The average Bonchev–Trinajstić information content (AvgIpc) is 2.27. The summed E-state index contributed by atoms with van der Waals surface area (Å²) in [5.74, 6) is -0.0305. The molecule has 90 valence electrons. The molecule has 15 heavy (non-hydrogen) atoms. The molecule has 0 rings (SSSR count). The lowest BCUT2D eigenvalue weighted by Crippen LogP contribution is -2.41. The lowest BCUT2D eigenvalue weighted by Gasteiger charge is -2.18. The molecule has 0 fully saturated rings. The van der Waals surface area contributed by atoms with E-state index < -0.39 is 0 Å². The van der Waals surface area contributed by atoms with Crippen LogP contribution in [0, 0.1) is 0 Å². The van der Waals surface area contributed by atoms with Crippen LogP contribution in [0.1, 0.15) is 33.6 Å². The monoisotopic (exact) mass is 215 g/mol. The van der Waals surface area contributed by atoms with Crippen LogP contribution in [0.15, 0.2) is 0 Å². The standard InChI is InChI=1S/C11H25N3O/c1-4-10(12)11(15)13-8-7-9-14(5-2)6-3/h10H,4-9,12H2,1-3H3,(H,13,15)/t10-/m0/s1. The van der Waals surface area contributed by atoms with Gasteiger partial charge in [0.15, 0.2) is 0 Å². The van der Waals surface area contributed by atoms with Gasteiger partial charge in [-0.1, -0.05) is 20.8 Å². The van der Waals surface area contributed by atoms with Gasteiger partial charge in [0.1, 0.15) is 0 Å². The Morgan fingerprint density at radius 2 is 1.93 bits per heavy atom. The molecule has 0 aliphatic carbocycles. The van der Waals surface area contributed by atoms with Gasteiger partial charge in [0.05, 0.1) is 6.04 Å². The van der Waals surface area contributed by atoms with E-state index in [1.54, 1.807) is 0 Å². The van der Waals surface area contributed by atoms with Crippen LogP contribution in [-0.2, 0) is 4.79 Å². The average molecular weight is 215 g/mol. The van der Waals surface area contributed by atoms with E-state index in [1.165, 1.54) is 0 Å². The lowest BCUT2D eigenvalue weighted by molar-refractivity contribution is -0.122. The van der Waals surface area contributed by atoms with E-state index in [2.05, 4.69) is 24.1 Å². The predicted octanol–water partition coefficient (Wildman–Crippen LogP) is 0.572. The van der Waals surface area contributed by atoms with Crippen molar-refractivity contribution in [3.8, 4) is 0 Å². The molecule has 0 heterocycles. The molecular weight excluding hydrogens is 190 g/mol. The molecule has 0 aromatic carbocycles. The van der Waals surface area contributed by atoms with Crippen LogP contribution >= 0.6 is 0 Å². The molecule has 3 N–H and O–H groups in total. The first-order valence-corrected chi connectivity index (χ1v) is 5.91. The minimum atomic E-state index is -0.349. The number of nitrogens with one attached hydrogen (secondary N) is 1. The fourth-order valence-corrected chi connectivity index (χ4v) is 1.37. The van der Waals surface area contributed by atoms with Crippen molar-refractivity contribution in [3.05, 3.63) is 0 Å². The van der Waals surface area contributed by atoms with Gasteiger partial charge in [0.2, 0.25) is 5.91 Å². The van der Waals surface area contributed by atoms with Crippen LogP contribution in [0.3, 0.4) is 0 Å². The number of rotatable bonds is 8. The first-order chi connectivity index (χ1) is 7.15. The van der Waals surface area contributed by atoms with Gasteiger partial charge >= 0.3 is 0 Å². The molecule has 4 heteroatoms. The molecule has 0 saturated heterocycles. The maximum Gasteiger partial charge on any atom is 0.236 e. The summed E-state index contributed by atoms with van der Waals surface area (Å²) in [6, 6.07) is -0.349. The van der Waals surface area contributed by atoms with Crippen LogP contribution in [-0.4, -0.2) is 43.0 Å². The Balaban J connectivity index is 3.49. The van der Waals surface area contributed by atoms with E-state index in [4.69, 9.17) is 5.73 Å². The Labute approximate surface area is 93.2 Å². The third-order valence-corrected chi connectivity index (χ3v) is 2.62.